The molecule has 0 radical (unpaired) electrons. The Morgan fingerprint density at radius 3 is 0.536 bits per heavy atom. The first-order valence-electron chi connectivity index (χ1n) is 37.9. The summed E-state index contributed by atoms with van der Waals surface area (Å²) in [5, 5.41) is 13.0. The van der Waals surface area contributed by atoms with E-state index in [1.165, 1.54) is 22.3 Å². The van der Waals surface area contributed by atoms with Crippen molar-refractivity contribution < 1.29 is 37.9 Å². The van der Waals surface area contributed by atoms with Crippen molar-refractivity contribution in [3.63, 3.8) is 0 Å². The van der Waals surface area contributed by atoms with Gasteiger partial charge in [-0.1, -0.05) is 59.7 Å². The van der Waals surface area contributed by atoms with Gasteiger partial charge in [-0.2, -0.15) is 0 Å². The van der Waals surface area contributed by atoms with E-state index in [4.69, 9.17) is 37.9 Å². The second kappa shape index (κ2) is 25.4. The third-order valence-electron chi connectivity index (χ3n) is 24.3. The number of aryl methyl sites for hydroxylation is 2. The fourth-order valence-electron chi connectivity index (χ4n) is 19.0. The Balaban J connectivity index is 0.871. The van der Waals surface area contributed by atoms with E-state index in [0.29, 0.717) is 0 Å². The smallest absolute Gasteiger partial charge is 0.119 e. The lowest BCUT2D eigenvalue weighted by atomic mass is 9.59. The van der Waals surface area contributed by atoms with Gasteiger partial charge >= 0.3 is 0 Å². The van der Waals surface area contributed by atoms with Crippen LogP contribution < -0.4 is 37.9 Å². The fraction of sp³-hybridized carbons (Fsp3) is 0.143. The highest BCUT2D eigenvalue weighted by Crippen LogP contribution is 2.66. The molecule has 1 fully saturated rings. The molecular weight excluding hydrogens is 1390 g/mol. The predicted molar refractivity (Wildman–Crippen MR) is 455 cm³/mol. The molecule has 0 amide bonds. The molecule has 548 valence electrons. The maximum Gasteiger partial charge on any atom is 0.119 e. The van der Waals surface area contributed by atoms with E-state index >= 15 is 0 Å². The van der Waals surface area contributed by atoms with Crippen LogP contribution in [0, 0.1) is 13.8 Å². The predicted octanol–water partition coefficient (Wildman–Crippen LogP) is 23.3. The molecule has 14 nitrogen and oxygen atoms in total. The molecule has 1 aliphatic carbocycles. The van der Waals surface area contributed by atoms with Gasteiger partial charge in [0.15, 0.2) is 0 Å². The van der Waals surface area contributed by atoms with Gasteiger partial charge in [-0.15, -0.1) is 0 Å². The third kappa shape index (κ3) is 9.82. The number of rotatable bonds is 16. The second-order valence-corrected chi connectivity index (χ2v) is 29.8. The quantitative estimate of drug-likeness (QED) is 0.0942. The van der Waals surface area contributed by atoms with Gasteiger partial charge in [0.05, 0.1) is 113 Å². The number of ether oxygens (including phenoxy) is 8. The zero-order valence-electron chi connectivity index (χ0n) is 63.7. The molecule has 20 aromatic rings. The van der Waals surface area contributed by atoms with Gasteiger partial charge < -0.3 is 65.3 Å². The molecule has 112 heavy (non-hydrogen) atoms. The molecule has 21 rings (SSSR count). The van der Waals surface area contributed by atoms with E-state index in [1.54, 1.807) is 56.9 Å². The number of nitrogens with zero attached hydrogens (tertiary/aromatic N) is 6. The molecule has 1 saturated carbocycles. The summed E-state index contributed by atoms with van der Waals surface area (Å²) in [6.45, 7) is 4.39. The molecule has 14 aromatic carbocycles. The van der Waals surface area contributed by atoms with Crippen molar-refractivity contribution in [3.8, 4) is 68.7 Å². The lowest BCUT2D eigenvalue weighted by molar-refractivity contribution is 0.119. The summed E-state index contributed by atoms with van der Waals surface area (Å²) in [5.41, 5.74) is 22.0. The summed E-state index contributed by atoms with van der Waals surface area (Å²) in [6, 6.07) is 98.1. The van der Waals surface area contributed by atoms with E-state index < -0.39 is 0 Å². The summed E-state index contributed by atoms with van der Waals surface area (Å²) >= 11 is 0. The van der Waals surface area contributed by atoms with E-state index in [1.807, 2.05) is 0 Å². The Morgan fingerprint density at radius 2 is 0.357 bits per heavy atom. The molecule has 4 unspecified atom stereocenters. The lowest BCUT2D eigenvalue weighted by Gasteiger charge is -2.54. The minimum Gasteiger partial charge on any atom is -0.497 e. The van der Waals surface area contributed by atoms with Crippen LogP contribution in [0.25, 0.3) is 154 Å². The van der Waals surface area contributed by atoms with Crippen LogP contribution in [0.4, 0.5) is 0 Å². The number of methoxy groups -OCH3 is 8. The van der Waals surface area contributed by atoms with Gasteiger partial charge in [-0.25, -0.2) is 0 Å². The third-order valence-corrected chi connectivity index (χ3v) is 24.3. The van der Waals surface area contributed by atoms with Crippen molar-refractivity contribution in [2.75, 3.05) is 56.9 Å². The lowest BCUT2D eigenvalue weighted by Crippen LogP contribution is -2.46. The van der Waals surface area contributed by atoms with Crippen molar-refractivity contribution in [1.29, 1.82) is 0 Å². The molecule has 6 heterocycles. The van der Waals surface area contributed by atoms with Gasteiger partial charge in [0.25, 0.3) is 0 Å². The molecule has 0 spiro atoms. The molecule has 0 aliphatic heterocycles. The average Bonchev–Trinajstić information content (AvgIpc) is 1.48. The normalized spacial score (nSPS) is 15.2. The molecule has 14 heteroatoms. The van der Waals surface area contributed by atoms with Crippen LogP contribution in [0.2, 0.25) is 0 Å². The zero-order valence-corrected chi connectivity index (χ0v) is 63.7. The van der Waals surface area contributed by atoms with Crippen LogP contribution >= 0.6 is 0 Å². The number of aromatic nitrogens is 6. The molecule has 1 aliphatic rings. The van der Waals surface area contributed by atoms with E-state index in [-0.39, 0.29) is 23.9 Å². The first-order valence-corrected chi connectivity index (χ1v) is 37.9. The maximum absolute atomic E-state index is 5.93. The van der Waals surface area contributed by atoms with Crippen LogP contribution in [0.5, 0.6) is 46.0 Å². The van der Waals surface area contributed by atoms with Crippen molar-refractivity contribution in [3.05, 3.63) is 289 Å². The molecule has 0 saturated heterocycles. The van der Waals surface area contributed by atoms with Crippen molar-refractivity contribution in [2.24, 2.45) is 0 Å². The SMILES string of the molecule is COc1ccc2c(c1)c1cc(OC)ccc1n2-c1ccc2c(c1)c1cc(-n3c4ccc(OC)cc4c4cc(OC)ccc43)ccc1n2C1C(c2ccc(C)cc2)C(c2ccc(C)cc2)C1n1c2ccc(-n3c4ccc(OC)cc4c4cc(OC)ccc43)cc2c2cc(-n3c4ccc(OC)cc4c4cc(OC)ccc43)ccc21. The second-order valence-electron chi connectivity index (χ2n) is 29.8. The Hall–Kier alpha value is -13.7. The van der Waals surface area contributed by atoms with Crippen LogP contribution in [0.15, 0.2) is 267 Å². The fourth-order valence-corrected chi connectivity index (χ4v) is 19.0. The summed E-state index contributed by atoms with van der Waals surface area (Å²) in [6.07, 6.45) is 0. The highest BCUT2D eigenvalue weighted by molar-refractivity contribution is 6.17. The van der Waals surface area contributed by atoms with Gasteiger partial charge in [0.2, 0.25) is 0 Å². The first-order chi connectivity index (χ1) is 54.9. The maximum atomic E-state index is 5.93. The molecular formula is C98H78N6O8. The molecule has 0 bridgehead atoms. The van der Waals surface area contributed by atoms with E-state index in [0.717, 1.165) is 200 Å². The topological polar surface area (TPSA) is 103 Å². The largest absolute Gasteiger partial charge is 0.497 e. The summed E-state index contributed by atoms with van der Waals surface area (Å²) in [7, 11) is 13.8. The van der Waals surface area contributed by atoms with E-state index in [2.05, 4.69) is 308 Å². The summed E-state index contributed by atoms with van der Waals surface area (Å²) in [5.74, 6) is 6.18. The highest BCUT2D eigenvalue weighted by Gasteiger charge is 2.55. The highest BCUT2D eigenvalue weighted by atomic mass is 16.5. The molecule has 0 N–H and O–H groups in total. The Bertz CT molecular complexity index is 6260. The number of hydrogen-bond donors (Lipinski definition) is 0. The van der Waals surface area contributed by atoms with Crippen LogP contribution in [-0.4, -0.2) is 84.3 Å². The Labute approximate surface area is 645 Å². The van der Waals surface area contributed by atoms with E-state index in [9.17, 15) is 0 Å². The van der Waals surface area contributed by atoms with Crippen LogP contribution in [-0.2, 0) is 0 Å². The number of benzene rings is 14. The minimum atomic E-state index is -0.199. The van der Waals surface area contributed by atoms with Crippen LogP contribution in [0.1, 0.15) is 46.2 Å². The Morgan fingerprint density at radius 1 is 0.188 bits per heavy atom. The minimum absolute atomic E-state index is 0.0414. The van der Waals surface area contributed by atoms with Crippen LogP contribution in [0.3, 0.4) is 0 Å². The monoisotopic (exact) mass is 1470 g/mol. The van der Waals surface area contributed by atoms with Crippen molar-refractivity contribution in [1.82, 2.24) is 27.4 Å². The molecule has 4 atom stereocenters. The standard InChI is InChI=1S/C98H78N6O8/c1-55-11-15-57(16-12-55)95-96(58-17-13-56(2)14-18-58)98(104-93-33-21-61(101-87-39-27-67(109-7)51-79(87)80-52-68(110-8)28-40-88(80)101)45-73(93)74-46-62(22-34-94(74)104)102-89-41-29-69(111-9)53-81(89)82-54-70(112-10)30-42-90(82)102)97(95)103-91-31-19-59(99-83-35-23-63(105-3)47-75(83)76-48-64(106-4)24-36-84(76)99)43-71(91)72-44-60(20-32-92(72)103)100-85-37-25-65(107-5)49-77(85)78-50-66(108-6)26-38-86(78)100/h11-54,95-98H,1-10H3. The van der Waals surface area contributed by atoms with Gasteiger partial charge in [-0.05, 0) is 243 Å². The van der Waals surface area contributed by atoms with Gasteiger partial charge in [0.1, 0.15) is 46.0 Å². The zero-order chi connectivity index (χ0) is 75.6. The van der Waals surface area contributed by atoms with Crippen molar-refractivity contribution >= 4 is 131 Å². The van der Waals surface area contributed by atoms with Crippen molar-refractivity contribution in [2.45, 2.75) is 37.8 Å². The number of hydrogen-bond acceptors (Lipinski definition) is 8. The average molecular weight is 1470 g/mol. The number of fused-ring (bicyclic) bond motifs is 18. The van der Waals surface area contributed by atoms with Gasteiger partial charge in [0, 0.05) is 121 Å². The first kappa shape index (κ1) is 66.5. The summed E-state index contributed by atoms with van der Waals surface area (Å²) in [4.78, 5) is 0. The summed E-state index contributed by atoms with van der Waals surface area (Å²) < 4.78 is 62.5. The molecule has 6 aromatic heterocycles. The van der Waals surface area contributed by atoms with Gasteiger partial charge in [-0.3, -0.25) is 0 Å². The Kier molecular flexibility index (Phi) is 15.1.